The van der Waals surface area contributed by atoms with Gasteiger partial charge in [-0.05, 0) is 38.8 Å². The summed E-state index contributed by atoms with van der Waals surface area (Å²) in [7, 11) is 0. The van der Waals surface area contributed by atoms with Gasteiger partial charge in [-0.1, -0.05) is 24.6 Å². The van der Waals surface area contributed by atoms with Crippen LogP contribution in [-0.2, 0) is 19.9 Å². The first kappa shape index (κ1) is 19.4. The number of aliphatic hydroxyl groups is 1. The van der Waals surface area contributed by atoms with Crippen molar-refractivity contribution < 1.29 is 19.5 Å². The van der Waals surface area contributed by atoms with Crippen LogP contribution in [-0.4, -0.2) is 45.9 Å². The summed E-state index contributed by atoms with van der Waals surface area (Å²) in [5.41, 5.74) is 0.436. The molecule has 0 aromatic heterocycles. The summed E-state index contributed by atoms with van der Waals surface area (Å²) < 4.78 is 0. The minimum atomic E-state index is -1.42. The van der Waals surface area contributed by atoms with Gasteiger partial charge in [0.2, 0.25) is 17.7 Å². The molecular weight excluding hydrogens is 382 g/mol. The van der Waals surface area contributed by atoms with Crippen molar-refractivity contribution >= 4 is 35.0 Å². The van der Waals surface area contributed by atoms with Crippen LogP contribution in [0.15, 0.2) is 12.1 Å². The standard InChI is InChI=1S/C20H24ClN3O4/c1-5-9(3)24-17(26)13-14(18(24)27)20(23-15(13)10(4)25)11-6-8(2)7-12(21)16(11)22-19(20)28/h6-7,9-10,13-15,23,25H,5H2,1-4H3,(H,22,28)/t9-,10-,13-,14+,15-,20+/m0/s1. The van der Waals surface area contributed by atoms with E-state index >= 15 is 0 Å². The number of imide groups is 1. The number of aliphatic hydroxyl groups excluding tert-OH is 1. The maximum Gasteiger partial charge on any atom is 0.250 e. The average molecular weight is 406 g/mol. The Kier molecular flexibility index (Phi) is 4.34. The number of anilines is 1. The first-order chi connectivity index (χ1) is 13.1. The molecule has 3 aliphatic heterocycles. The summed E-state index contributed by atoms with van der Waals surface area (Å²) in [5, 5.41) is 16.7. The zero-order valence-corrected chi connectivity index (χ0v) is 17.0. The predicted molar refractivity (Wildman–Crippen MR) is 104 cm³/mol. The Labute approximate surface area is 168 Å². The van der Waals surface area contributed by atoms with Gasteiger partial charge in [-0.15, -0.1) is 0 Å². The maximum absolute atomic E-state index is 13.4. The lowest BCUT2D eigenvalue weighted by Crippen LogP contribution is -2.55. The highest BCUT2D eigenvalue weighted by atomic mass is 35.5. The van der Waals surface area contributed by atoms with Crippen molar-refractivity contribution in [2.45, 2.75) is 57.8 Å². The zero-order chi connectivity index (χ0) is 20.5. The van der Waals surface area contributed by atoms with Crippen molar-refractivity contribution in [1.82, 2.24) is 10.2 Å². The second-order valence-electron chi connectivity index (χ2n) is 8.15. The normalized spacial score (nSPS) is 33.3. The van der Waals surface area contributed by atoms with Crippen LogP contribution in [0.3, 0.4) is 0 Å². The van der Waals surface area contributed by atoms with E-state index < -0.39 is 35.4 Å². The molecule has 2 fully saturated rings. The number of nitrogens with one attached hydrogen (secondary N) is 2. The minimum absolute atomic E-state index is 0.276. The van der Waals surface area contributed by atoms with E-state index in [0.29, 0.717) is 22.7 Å². The molecule has 0 unspecified atom stereocenters. The van der Waals surface area contributed by atoms with Crippen LogP contribution < -0.4 is 10.6 Å². The van der Waals surface area contributed by atoms with Crippen molar-refractivity contribution in [3.8, 4) is 0 Å². The van der Waals surface area contributed by atoms with E-state index in [0.717, 1.165) is 5.56 Å². The molecule has 1 spiro atoms. The highest BCUT2D eigenvalue weighted by molar-refractivity contribution is 6.35. The Bertz CT molecular complexity index is 902. The van der Waals surface area contributed by atoms with Gasteiger partial charge in [-0.2, -0.15) is 0 Å². The number of likely N-dealkylation sites (tertiary alicyclic amines) is 1. The lowest BCUT2D eigenvalue weighted by Gasteiger charge is -2.31. The van der Waals surface area contributed by atoms with Gasteiger partial charge in [0.25, 0.3) is 0 Å². The van der Waals surface area contributed by atoms with Gasteiger partial charge >= 0.3 is 0 Å². The van der Waals surface area contributed by atoms with Crippen molar-refractivity contribution in [3.63, 3.8) is 0 Å². The van der Waals surface area contributed by atoms with Crippen molar-refractivity contribution in [3.05, 3.63) is 28.3 Å². The van der Waals surface area contributed by atoms with Crippen LogP contribution in [0.2, 0.25) is 5.02 Å². The fourth-order valence-electron chi connectivity index (χ4n) is 4.98. The maximum atomic E-state index is 13.4. The largest absolute Gasteiger partial charge is 0.392 e. The van der Waals surface area contributed by atoms with Crippen LogP contribution in [0.5, 0.6) is 0 Å². The molecule has 0 aliphatic carbocycles. The highest BCUT2D eigenvalue weighted by Gasteiger charge is 2.71. The van der Waals surface area contributed by atoms with Crippen LogP contribution in [0.4, 0.5) is 5.69 Å². The molecule has 0 saturated carbocycles. The lowest BCUT2D eigenvalue weighted by molar-refractivity contribution is -0.145. The third kappa shape index (κ3) is 2.27. The van der Waals surface area contributed by atoms with Gasteiger partial charge in [-0.3, -0.25) is 24.6 Å². The number of benzene rings is 1. The number of aryl methyl sites for hydroxylation is 1. The fraction of sp³-hybridized carbons (Fsp3) is 0.550. The lowest BCUT2D eigenvalue weighted by atomic mass is 9.76. The molecule has 7 nitrogen and oxygen atoms in total. The van der Waals surface area contributed by atoms with E-state index in [2.05, 4.69) is 10.6 Å². The Morgan fingerprint density at radius 1 is 1.25 bits per heavy atom. The Morgan fingerprint density at radius 3 is 2.54 bits per heavy atom. The molecule has 8 heteroatoms. The minimum Gasteiger partial charge on any atom is -0.392 e. The quantitative estimate of drug-likeness (QED) is 0.663. The van der Waals surface area contributed by atoms with Gasteiger partial charge in [0.1, 0.15) is 5.54 Å². The Balaban J connectivity index is 1.94. The number of fused-ring (bicyclic) bond motifs is 4. The third-order valence-electron chi connectivity index (χ3n) is 6.44. The van der Waals surface area contributed by atoms with Gasteiger partial charge in [-0.25, -0.2) is 0 Å². The second-order valence-corrected chi connectivity index (χ2v) is 8.56. The SMILES string of the molecule is CC[C@H](C)N1C(=O)[C@@H]2[C@H]([C@H](C)O)N[C@@]3(C(=O)Nc4c(Cl)cc(C)cc43)[C@H]2C1=O. The number of amides is 3. The summed E-state index contributed by atoms with van der Waals surface area (Å²) in [6.07, 6.45) is -0.303. The fourth-order valence-corrected chi connectivity index (χ4v) is 5.30. The van der Waals surface area contributed by atoms with E-state index in [9.17, 15) is 19.5 Å². The number of carbonyl (C=O) groups is 3. The predicted octanol–water partition coefficient (Wildman–Crippen LogP) is 1.55. The van der Waals surface area contributed by atoms with Crippen LogP contribution in [0, 0.1) is 18.8 Å². The van der Waals surface area contributed by atoms with E-state index in [1.54, 1.807) is 13.0 Å². The smallest absolute Gasteiger partial charge is 0.250 e. The van der Waals surface area contributed by atoms with E-state index in [1.807, 2.05) is 26.8 Å². The zero-order valence-electron chi connectivity index (χ0n) is 16.2. The summed E-state index contributed by atoms with van der Waals surface area (Å²) >= 11 is 6.36. The van der Waals surface area contributed by atoms with Gasteiger partial charge < -0.3 is 10.4 Å². The first-order valence-corrected chi connectivity index (χ1v) is 9.97. The van der Waals surface area contributed by atoms with Crippen molar-refractivity contribution in [1.29, 1.82) is 0 Å². The molecular formula is C20H24ClN3O4. The highest BCUT2D eigenvalue weighted by Crippen LogP contribution is 2.55. The monoisotopic (exact) mass is 405 g/mol. The van der Waals surface area contributed by atoms with E-state index in [1.165, 1.54) is 4.90 Å². The molecule has 0 bridgehead atoms. The number of rotatable bonds is 3. The summed E-state index contributed by atoms with van der Waals surface area (Å²) in [6.45, 7) is 7.14. The number of nitrogens with zero attached hydrogens (tertiary/aromatic N) is 1. The van der Waals surface area contributed by atoms with Crippen LogP contribution in [0.25, 0.3) is 0 Å². The van der Waals surface area contributed by atoms with Crippen molar-refractivity contribution in [2.24, 2.45) is 11.8 Å². The first-order valence-electron chi connectivity index (χ1n) is 9.59. The van der Waals surface area contributed by atoms with E-state index in [4.69, 9.17) is 11.6 Å². The van der Waals surface area contributed by atoms with Gasteiger partial charge in [0, 0.05) is 17.6 Å². The molecule has 1 aromatic rings. The molecule has 28 heavy (non-hydrogen) atoms. The molecule has 3 aliphatic rings. The molecule has 150 valence electrons. The molecule has 2 saturated heterocycles. The Hall–Kier alpha value is -1.96. The average Bonchev–Trinajstić information content (AvgIpc) is 3.21. The van der Waals surface area contributed by atoms with Crippen LogP contribution in [0.1, 0.15) is 38.3 Å². The second kappa shape index (κ2) is 6.27. The molecule has 0 radical (unpaired) electrons. The Morgan fingerprint density at radius 2 is 1.93 bits per heavy atom. The summed E-state index contributed by atoms with van der Waals surface area (Å²) in [6, 6.07) is 2.57. The third-order valence-corrected chi connectivity index (χ3v) is 6.74. The van der Waals surface area contributed by atoms with Crippen molar-refractivity contribution in [2.75, 3.05) is 5.32 Å². The van der Waals surface area contributed by atoms with E-state index in [-0.39, 0.29) is 17.9 Å². The molecule has 6 atom stereocenters. The van der Waals surface area contributed by atoms with Gasteiger partial charge in [0.05, 0.1) is 28.6 Å². The molecule has 1 aromatic carbocycles. The summed E-state index contributed by atoms with van der Waals surface area (Å²) in [5.74, 6) is -2.86. The topological polar surface area (TPSA) is 98.7 Å². The molecule has 4 rings (SSSR count). The molecule has 3 amide bonds. The molecule has 3 heterocycles. The number of hydrogen-bond donors (Lipinski definition) is 3. The summed E-state index contributed by atoms with van der Waals surface area (Å²) in [4.78, 5) is 41.1. The van der Waals surface area contributed by atoms with Crippen LogP contribution >= 0.6 is 11.6 Å². The molecule has 3 N–H and O–H groups in total. The number of hydrogen-bond acceptors (Lipinski definition) is 5. The number of carbonyl (C=O) groups excluding carboxylic acids is 3. The van der Waals surface area contributed by atoms with Gasteiger partial charge in [0.15, 0.2) is 0 Å². The number of halogens is 1.